The molecule has 0 bridgehead atoms. The molecule has 4 nitrogen and oxygen atoms in total. The zero-order valence-corrected chi connectivity index (χ0v) is 11.9. The number of nitrogens with zero attached hydrogens (tertiary/aromatic N) is 1. The van der Waals surface area contributed by atoms with Crippen LogP contribution in [0, 0.1) is 11.3 Å². The first-order chi connectivity index (χ1) is 9.71. The minimum absolute atomic E-state index is 0.337. The van der Waals surface area contributed by atoms with Crippen LogP contribution in [0.25, 0.3) is 0 Å². The van der Waals surface area contributed by atoms with Gasteiger partial charge in [0.1, 0.15) is 0 Å². The van der Waals surface area contributed by atoms with Crippen LogP contribution in [-0.2, 0) is 9.47 Å². The number of hydrogen-bond donors (Lipinski definition) is 1. The first kappa shape index (κ1) is 13.7. The smallest absolute Gasteiger partial charge is 0.168 e. The van der Waals surface area contributed by atoms with Gasteiger partial charge in [-0.1, -0.05) is 11.6 Å². The molecule has 1 saturated carbocycles. The molecule has 1 heterocycles. The lowest BCUT2D eigenvalue weighted by Crippen LogP contribution is -2.39. The molecular formula is C15H17ClN2O2. The highest BCUT2D eigenvalue weighted by Gasteiger charge is 2.40. The standard InChI is InChI=1S/C15H17ClN2O2/c16-13-2-1-11(10-17)9-14(13)18-12-3-5-15(6-4-12)19-7-8-20-15/h1-2,9,12,18H,3-8H2. The monoisotopic (exact) mass is 292 g/mol. The van der Waals surface area contributed by atoms with E-state index in [1.807, 2.05) is 0 Å². The van der Waals surface area contributed by atoms with Gasteiger partial charge in [0.25, 0.3) is 0 Å². The summed E-state index contributed by atoms with van der Waals surface area (Å²) < 4.78 is 11.4. The van der Waals surface area contributed by atoms with Gasteiger partial charge in [-0.3, -0.25) is 0 Å². The molecule has 1 aliphatic carbocycles. The number of hydrogen-bond acceptors (Lipinski definition) is 4. The molecule has 1 aromatic rings. The van der Waals surface area contributed by atoms with E-state index in [9.17, 15) is 0 Å². The first-order valence-electron chi connectivity index (χ1n) is 6.95. The molecule has 20 heavy (non-hydrogen) atoms. The van der Waals surface area contributed by atoms with Crippen LogP contribution in [0.3, 0.4) is 0 Å². The predicted molar refractivity (Wildman–Crippen MR) is 76.7 cm³/mol. The average Bonchev–Trinajstić information content (AvgIpc) is 2.92. The zero-order valence-electron chi connectivity index (χ0n) is 11.2. The van der Waals surface area contributed by atoms with E-state index in [2.05, 4.69) is 11.4 Å². The van der Waals surface area contributed by atoms with Crippen molar-refractivity contribution in [1.29, 1.82) is 5.26 Å². The van der Waals surface area contributed by atoms with Gasteiger partial charge in [0.05, 0.1) is 35.6 Å². The normalized spacial score (nSPS) is 21.8. The molecule has 106 valence electrons. The SMILES string of the molecule is N#Cc1ccc(Cl)c(NC2CCC3(CC2)OCCO3)c1. The minimum atomic E-state index is -0.337. The third kappa shape index (κ3) is 2.76. The lowest BCUT2D eigenvalue weighted by atomic mass is 9.90. The van der Waals surface area contributed by atoms with Gasteiger partial charge in [-0.2, -0.15) is 5.26 Å². The van der Waals surface area contributed by atoms with Crippen molar-refractivity contribution in [3.05, 3.63) is 28.8 Å². The number of nitrogens with one attached hydrogen (secondary N) is 1. The fourth-order valence-electron chi connectivity index (χ4n) is 2.91. The summed E-state index contributed by atoms with van der Waals surface area (Å²) in [7, 11) is 0. The quantitative estimate of drug-likeness (QED) is 0.908. The van der Waals surface area contributed by atoms with Gasteiger partial charge in [-0.15, -0.1) is 0 Å². The molecule has 3 rings (SSSR count). The van der Waals surface area contributed by atoms with E-state index in [0.29, 0.717) is 29.8 Å². The average molecular weight is 293 g/mol. The van der Waals surface area contributed by atoms with E-state index in [-0.39, 0.29) is 5.79 Å². The summed E-state index contributed by atoms with van der Waals surface area (Å²) in [6, 6.07) is 7.77. The van der Waals surface area contributed by atoms with Crippen LogP contribution in [0.15, 0.2) is 18.2 Å². The van der Waals surface area contributed by atoms with Gasteiger partial charge in [-0.05, 0) is 31.0 Å². The second kappa shape index (κ2) is 5.61. The van der Waals surface area contributed by atoms with Gasteiger partial charge in [0, 0.05) is 18.9 Å². The van der Waals surface area contributed by atoms with Gasteiger partial charge >= 0.3 is 0 Å². The lowest BCUT2D eigenvalue weighted by molar-refractivity contribution is -0.177. The van der Waals surface area contributed by atoms with E-state index in [4.69, 9.17) is 26.3 Å². The highest BCUT2D eigenvalue weighted by atomic mass is 35.5. The predicted octanol–water partition coefficient (Wildman–Crippen LogP) is 3.31. The highest BCUT2D eigenvalue weighted by Crippen LogP contribution is 2.37. The van der Waals surface area contributed by atoms with E-state index in [1.165, 1.54) is 0 Å². The zero-order chi connectivity index (χ0) is 14.0. The number of rotatable bonds is 2. The van der Waals surface area contributed by atoms with Gasteiger partial charge in [0.2, 0.25) is 0 Å². The van der Waals surface area contributed by atoms with Crippen LogP contribution in [0.2, 0.25) is 5.02 Å². The Morgan fingerprint density at radius 1 is 1.25 bits per heavy atom. The van der Waals surface area contributed by atoms with Crippen LogP contribution < -0.4 is 5.32 Å². The second-order valence-corrected chi connectivity index (χ2v) is 5.74. The molecule has 2 aliphatic rings. The van der Waals surface area contributed by atoms with Crippen molar-refractivity contribution in [1.82, 2.24) is 0 Å². The summed E-state index contributed by atoms with van der Waals surface area (Å²) in [4.78, 5) is 0. The third-order valence-electron chi connectivity index (χ3n) is 4.02. The van der Waals surface area contributed by atoms with E-state index in [1.54, 1.807) is 18.2 Å². The minimum Gasteiger partial charge on any atom is -0.381 e. The van der Waals surface area contributed by atoms with Crippen molar-refractivity contribution >= 4 is 17.3 Å². The van der Waals surface area contributed by atoms with Crippen molar-refractivity contribution in [3.8, 4) is 6.07 Å². The Balaban J connectivity index is 1.63. The molecule has 1 aromatic carbocycles. The van der Waals surface area contributed by atoms with E-state index in [0.717, 1.165) is 31.4 Å². The van der Waals surface area contributed by atoms with Crippen LogP contribution in [0.5, 0.6) is 0 Å². The van der Waals surface area contributed by atoms with Crippen molar-refractivity contribution in [2.45, 2.75) is 37.5 Å². The molecule has 0 unspecified atom stereocenters. The Morgan fingerprint density at radius 3 is 2.60 bits per heavy atom. The van der Waals surface area contributed by atoms with Crippen molar-refractivity contribution in [2.75, 3.05) is 18.5 Å². The molecule has 0 amide bonds. The summed E-state index contributed by atoms with van der Waals surface area (Å²) in [5.41, 5.74) is 1.45. The molecule has 2 fully saturated rings. The molecule has 0 atom stereocenters. The fourth-order valence-corrected chi connectivity index (χ4v) is 3.09. The molecule has 5 heteroatoms. The molecule has 0 aromatic heterocycles. The number of nitriles is 1. The van der Waals surface area contributed by atoms with Gasteiger partial charge < -0.3 is 14.8 Å². The molecule has 1 aliphatic heterocycles. The molecular weight excluding hydrogens is 276 g/mol. The topological polar surface area (TPSA) is 54.3 Å². The summed E-state index contributed by atoms with van der Waals surface area (Å²) >= 11 is 6.17. The lowest BCUT2D eigenvalue weighted by Gasteiger charge is -2.36. The Morgan fingerprint density at radius 2 is 1.95 bits per heavy atom. The molecule has 1 saturated heterocycles. The van der Waals surface area contributed by atoms with E-state index >= 15 is 0 Å². The summed E-state index contributed by atoms with van der Waals surface area (Å²) in [5, 5.41) is 13.0. The fraction of sp³-hybridized carbons (Fsp3) is 0.533. The van der Waals surface area contributed by atoms with Crippen molar-refractivity contribution in [2.24, 2.45) is 0 Å². The second-order valence-electron chi connectivity index (χ2n) is 5.33. The Kier molecular flexibility index (Phi) is 3.84. The van der Waals surface area contributed by atoms with E-state index < -0.39 is 0 Å². The number of ether oxygens (including phenoxy) is 2. The van der Waals surface area contributed by atoms with Crippen molar-refractivity contribution in [3.63, 3.8) is 0 Å². The van der Waals surface area contributed by atoms with Gasteiger partial charge in [-0.25, -0.2) is 0 Å². The molecule has 0 radical (unpaired) electrons. The largest absolute Gasteiger partial charge is 0.381 e. The molecule has 1 N–H and O–H groups in total. The first-order valence-corrected chi connectivity index (χ1v) is 7.33. The summed E-state index contributed by atoms with van der Waals surface area (Å²) in [6.07, 6.45) is 3.76. The maximum Gasteiger partial charge on any atom is 0.168 e. The highest BCUT2D eigenvalue weighted by molar-refractivity contribution is 6.33. The van der Waals surface area contributed by atoms with Crippen LogP contribution in [-0.4, -0.2) is 25.0 Å². The van der Waals surface area contributed by atoms with Crippen LogP contribution >= 0.6 is 11.6 Å². The number of benzene rings is 1. The maximum absolute atomic E-state index is 8.94. The summed E-state index contributed by atoms with van der Waals surface area (Å²) in [6.45, 7) is 1.41. The Bertz CT molecular complexity index is 525. The van der Waals surface area contributed by atoms with Crippen LogP contribution in [0.4, 0.5) is 5.69 Å². The van der Waals surface area contributed by atoms with Crippen LogP contribution in [0.1, 0.15) is 31.2 Å². The summed E-state index contributed by atoms with van der Waals surface area (Å²) in [5.74, 6) is -0.337. The number of halogens is 1. The third-order valence-corrected chi connectivity index (χ3v) is 4.35. The maximum atomic E-state index is 8.94. The van der Waals surface area contributed by atoms with Gasteiger partial charge in [0.15, 0.2) is 5.79 Å². The molecule has 1 spiro atoms. The number of anilines is 1. The Hall–Kier alpha value is -1.28. The van der Waals surface area contributed by atoms with Crippen molar-refractivity contribution < 1.29 is 9.47 Å². The Labute approximate surface area is 123 Å².